The molecular weight excluding hydrogens is 600 g/mol. The van der Waals surface area contributed by atoms with Crippen LogP contribution < -0.4 is 18.9 Å². The summed E-state index contributed by atoms with van der Waals surface area (Å²) < 4.78 is 22.5. The van der Waals surface area contributed by atoms with Gasteiger partial charge in [0.1, 0.15) is 5.75 Å². The summed E-state index contributed by atoms with van der Waals surface area (Å²) in [5.41, 5.74) is 9.20. The van der Waals surface area contributed by atoms with Crippen LogP contribution >= 0.6 is 0 Å². The molecule has 1 saturated heterocycles. The van der Waals surface area contributed by atoms with Gasteiger partial charge >= 0.3 is 0 Å². The van der Waals surface area contributed by atoms with E-state index in [0.29, 0.717) is 35.1 Å². The van der Waals surface area contributed by atoms with Crippen molar-refractivity contribution in [3.63, 3.8) is 0 Å². The van der Waals surface area contributed by atoms with Crippen LogP contribution in [0.25, 0.3) is 22.5 Å². The van der Waals surface area contributed by atoms with Gasteiger partial charge in [-0.1, -0.05) is 20.3 Å². The summed E-state index contributed by atoms with van der Waals surface area (Å²) in [5.74, 6) is 3.93. The van der Waals surface area contributed by atoms with Gasteiger partial charge in [0, 0.05) is 62.3 Å². The van der Waals surface area contributed by atoms with Crippen molar-refractivity contribution in [2.45, 2.75) is 65.1 Å². The van der Waals surface area contributed by atoms with E-state index in [-0.39, 0.29) is 0 Å². The Hall–Kier alpha value is -4.14. The van der Waals surface area contributed by atoms with Gasteiger partial charge in [-0.15, -0.1) is 0 Å². The topological polar surface area (TPSA) is 69.2 Å². The van der Waals surface area contributed by atoms with Crippen LogP contribution in [0.2, 0.25) is 0 Å². The highest BCUT2D eigenvalue weighted by Gasteiger charge is 2.30. The zero-order valence-corrected chi connectivity index (χ0v) is 29.6. The number of piperazine rings is 1. The fourth-order valence-electron chi connectivity index (χ4n) is 7.27. The second-order valence-corrected chi connectivity index (χ2v) is 13.6. The maximum atomic E-state index is 5.80. The molecule has 2 aromatic carbocycles. The number of nitrogens with zero attached hydrogens (tertiary/aromatic N) is 4. The number of hydrogen-bond donors (Lipinski definition) is 0. The molecule has 2 fully saturated rings. The Balaban J connectivity index is 1.16. The van der Waals surface area contributed by atoms with E-state index in [9.17, 15) is 0 Å². The molecule has 2 aliphatic rings. The summed E-state index contributed by atoms with van der Waals surface area (Å²) in [5, 5.41) is 0. The summed E-state index contributed by atoms with van der Waals surface area (Å²) in [6.45, 7) is 11.7. The van der Waals surface area contributed by atoms with Crippen LogP contribution in [0.3, 0.4) is 0 Å². The van der Waals surface area contributed by atoms with Crippen LogP contribution in [0.15, 0.2) is 60.9 Å². The lowest BCUT2D eigenvalue weighted by molar-refractivity contribution is 0.0404. The standard InChI is InChI=1S/C40H50N4O4/c1-26(2)36-25-43(23-28-11-13-41-34(17-28)31-19-33(30-9-8-10-30)27(3)37(20-31)45-4)15-16-44(36)24-29-12-14-42-35(18-29)32-21-38(46-5)40(48-7)39(22-32)47-6/h11-14,17-22,26,30,36H,8-10,15-16,23-25H2,1-7H3. The molecule has 3 heterocycles. The lowest BCUT2D eigenvalue weighted by atomic mass is 9.77. The molecule has 0 radical (unpaired) electrons. The van der Waals surface area contributed by atoms with Crippen molar-refractivity contribution in [2.24, 2.45) is 5.92 Å². The number of aromatic nitrogens is 2. The summed E-state index contributed by atoms with van der Waals surface area (Å²) >= 11 is 0. The Morgan fingerprint density at radius 2 is 1.31 bits per heavy atom. The Morgan fingerprint density at radius 1 is 0.729 bits per heavy atom. The van der Waals surface area contributed by atoms with Crippen molar-refractivity contribution >= 4 is 0 Å². The van der Waals surface area contributed by atoms with Gasteiger partial charge in [0.05, 0.1) is 39.8 Å². The van der Waals surface area contributed by atoms with E-state index in [0.717, 1.165) is 61.0 Å². The van der Waals surface area contributed by atoms with E-state index in [2.05, 4.69) is 67.0 Å². The molecule has 0 bridgehead atoms. The van der Waals surface area contributed by atoms with Crippen molar-refractivity contribution in [1.82, 2.24) is 19.8 Å². The third-order valence-corrected chi connectivity index (χ3v) is 10.2. The minimum Gasteiger partial charge on any atom is -0.496 e. The van der Waals surface area contributed by atoms with E-state index in [1.807, 2.05) is 24.5 Å². The van der Waals surface area contributed by atoms with Crippen LogP contribution in [0, 0.1) is 12.8 Å². The predicted octanol–water partition coefficient (Wildman–Crippen LogP) is 7.76. The van der Waals surface area contributed by atoms with Gasteiger partial charge < -0.3 is 18.9 Å². The van der Waals surface area contributed by atoms with Gasteiger partial charge in [-0.3, -0.25) is 19.8 Å². The normalized spacial score (nSPS) is 17.3. The molecule has 0 N–H and O–H groups in total. The van der Waals surface area contributed by atoms with E-state index in [1.54, 1.807) is 28.4 Å². The molecular formula is C40H50N4O4. The van der Waals surface area contributed by atoms with Gasteiger partial charge in [-0.05, 0) is 102 Å². The summed E-state index contributed by atoms with van der Waals surface area (Å²) in [6.07, 6.45) is 7.70. The molecule has 8 nitrogen and oxygen atoms in total. The summed E-state index contributed by atoms with van der Waals surface area (Å²) in [7, 11) is 6.66. The van der Waals surface area contributed by atoms with Gasteiger partial charge in [0.2, 0.25) is 5.75 Å². The number of methoxy groups -OCH3 is 4. The highest BCUT2D eigenvalue weighted by Crippen LogP contribution is 2.43. The SMILES string of the molecule is COc1cc(-c2cc(CN3CCN(Cc4ccnc(-c5cc(OC)c(OC)c(OC)c5)c4)C(C(C)C)C3)ccn2)cc(C2CCC2)c1C. The second kappa shape index (κ2) is 15.0. The van der Waals surface area contributed by atoms with Crippen LogP contribution in [0.1, 0.15) is 61.3 Å². The van der Waals surface area contributed by atoms with Gasteiger partial charge in [0.15, 0.2) is 11.5 Å². The Kier molecular flexibility index (Phi) is 10.5. The van der Waals surface area contributed by atoms with Crippen molar-refractivity contribution in [2.75, 3.05) is 48.1 Å². The Bertz CT molecular complexity index is 1690. The van der Waals surface area contributed by atoms with Gasteiger partial charge in [-0.25, -0.2) is 0 Å². The van der Waals surface area contributed by atoms with E-state index in [4.69, 9.17) is 28.9 Å². The average Bonchev–Trinajstić information content (AvgIpc) is 3.08. The number of benzene rings is 2. The first kappa shape index (κ1) is 33.7. The fraction of sp³-hybridized carbons (Fsp3) is 0.450. The van der Waals surface area contributed by atoms with Crippen molar-refractivity contribution in [3.05, 3.63) is 83.2 Å². The van der Waals surface area contributed by atoms with Crippen molar-refractivity contribution in [3.8, 4) is 45.5 Å². The van der Waals surface area contributed by atoms with E-state index < -0.39 is 0 Å². The third-order valence-electron chi connectivity index (χ3n) is 10.2. The van der Waals surface area contributed by atoms with Crippen LogP contribution in [-0.2, 0) is 13.1 Å². The van der Waals surface area contributed by atoms with Gasteiger partial charge in [0.25, 0.3) is 0 Å². The second-order valence-electron chi connectivity index (χ2n) is 13.6. The van der Waals surface area contributed by atoms with Crippen molar-refractivity contribution < 1.29 is 18.9 Å². The van der Waals surface area contributed by atoms with Crippen LogP contribution in [0.5, 0.6) is 23.0 Å². The Morgan fingerprint density at radius 3 is 1.85 bits per heavy atom. The minimum atomic E-state index is 0.434. The van der Waals surface area contributed by atoms with Crippen LogP contribution in [0.4, 0.5) is 0 Å². The molecule has 254 valence electrons. The third kappa shape index (κ3) is 7.15. The average molecular weight is 651 g/mol. The largest absolute Gasteiger partial charge is 0.496 e. The van der Waals surface area contributed by atoms with Gasteiger partial charge in [-0.2, -0.15) is 0 Å². The highest BCUT2D eigenvalue weighted by molar-refractivity contribution is 5.69. The highest BCUT2D eigenvalue weighted by atomic mass is 16.5. The lowest BCUT2D eigenvalue weighted by Crippen LogP contribution is -2.54. The molecule has 1 aliphatic carbocycles. The number of hydrogen-bond acceptors (Lipinski definition) is 8. The predicted molar refractivity (Wildman–Crippen MR) is 191 cm³/mol. The molecule has 2 aromatic heterocycles. The smallest absolute Gasteiger partial charge is 0.203 e. The lowest BCUT2D eigenvalue weighted by Gasteiger charge is -2.43. The maximum absolute atomic E-state index is 5.80. The molecule has 1 atom stereocenters. The molecule has 1 aliphatic heterocycles. The molecule has 1 unspecified atom stereocenters. The zero-order chi connectivity index (χ0) is 33.8. The molecule has 0 spiro atoms. The minimum absolute atomic E-state index is 0.434. The van der Waals surface area contributed by atoms with E-state index >= 15 is 0 Å². The number of ether oxygens (including phenoxy) is 4. The fourth-order valence-corrected chi connectivity index (χ4v) is 7.27. The molecule has 0 amide bonds. The molecule has 6 rings (SSSR count). The van der Waals surface area contributed by atoms with Crippen LogP contribution in [-0.4, -0.2) is 73.9 Å². The molecule has 8 heteroatoms. The molecule has 48 heavy (non-hydrogen) atoms. The first-order valence-electron chi connectivity index (χ1n) is 17.2. The summed E-state index contributed by atoms with van der Waals surface area (Å²) in [4.78, 5) is 14.7. The van der Waals surface area contributed by atoms with E-state index in [1.165, 1.54) is 41.5 Å². The molecule has 1 saturated carbocycles. The monoisotopic (exact) mass is 650 g/mol. The number of pyridine rings is 2. The quantitative estimate of drug-likeness (QED) is 0.154. The van der Waals surface area contributed by atoms with Crippen molar-refractivity contribution in [1.29, 1.82) is 0 Å². The molecule has 4 aromatic rings. The first-order valence-corrected chi connectivity index (χ1v) is 17.2. The number of rotatable bonds is 12. The zero-order valence-electron chi connectivity index (χ0n) is 29.6. The summed E-state index contributed by atoms with van der Waals surface area (Å²) in [6, 6.07) is 17.6. The Labute approximate surface area is 286 Å². The maximum Gasteiger partial charge on any atom is 0.203 e. The first-order chi connectivity index (χ1) is 23.3.